The van der Waals surface area contributed by atoms with Gasteiger partial charge in [-0.15, -0.1) is 11.3 Å². The summed E-state index contributed by atoms with van der Waals surface area (Å²) in [4.78, 5) is 1.13. The molecule has 0 fully saturated rings. The largest absolute Gasteiger partial charge is 0.495 e. The van der Waals surface area contributed by atoms with Crippen LogP contribution >= 0.6 is 11.3 Å². The maximum atomic E-state index is 12.5. The molecule has 2 rings (SSSR count). The first-order valence-corrected chi connectivity index (χ1v) is 8.83. The number of rotatable bonds is 6. The van der Waals surface area contributed by atoms with Crippen LogP contribution in [0.4, 0.5) is 5.69 Å². The van der Waals surface area contributed by atoms with Crippen LogP contribution in [0.25, 0.3) is 0 Å². The van der Waals surface area contributed by atoms with Crippen molar-refractivity contribution >= 4 is 27.0 Å². The van der Waals surface area contributed by atoms with Crippen LogP contribution in [0.1, 0.15) is 24.3 Å². The predicted molar refractivity (Wildman–Crippen MR) is 85.1 cm³/mol. The normalized spacial score (nSPS) is 13.0. The van der Waals surface area contributed by atoms with Gasteiger partial charge >= 0.3 is 0 Å². The first kappa shape index (κ1) is 15.8. The maximum absolute atomic E-state index is 12.5. The second kappa shape index (κ2) is 6.46. The number of nitrogens with one attached hydrogen (secondary N) is 1. The molecule has 5 nitrogen and oxygen atoms in total. The van der Waals surface area contributed by atoms with Crippen molar-refractivity contribution in [3.63, 3.8) is 0 Å². The van der Waals surface area contributed by atoms with Crippen LogP contribution < -0.4 is 15.2 Å². The molecule has 1 heterocycles. The fourth-order valence-electron chi connectivity index (χ4n) is 1.95. The highest BCUT2D eigenvalue weighted by Gasteiger charge is 2.21. The molecular weight excluding hydrogens is 308 g/mol. The lowest BCUT2D eigenvalue weighted by molar-refractivity contribution is 0.415. The van der Waals surface area contributed by atoms with E-state index >= 15 is 0 Å². The summed E-state index contributed by atoms with van der Waals surface area (Å²) >= 11 is 1.53. The molecule has 1 aromatic carbocycles. The maximum Gasteiger partial charge on any atom is 0.241 e. The first-order valence-electron chi connectivity index (χ1n) is 6.47. The van der Waals surface area contributed by atoms with Crippen molar-refractivity contribution in [3.8, 4) is 5.75 Å². The minimum Gasteiger partial charge on any atom is -0.495 e. The lowest BCUT2D eigenvalue weighted by Crippen LogP contribution is -2.27. The third kappa shape index (κ3) is 3.55. The first-order chi connectivity index (χ1) is 9.97. The van der Waals surface area contributed by atoms with Crippen LogP contribution in [0.5, 0.6) is 5.75 Å². The van der Waals surface area contributed by atoms with Gasteiger partial charge in [0.15, 0.2) is 0 Å². The highest BCUT2D eigenvalue weighted by atomic mass is 32.2. The molecule has 0 saturated heterocycles. The lowest BCUT2D eigenvalue weighted by Gasteiger charge is -2.16. The summed E-state index contributed by atoms with van der Waals surface area (Å²) in [7, 11) is -2.17. The van der Waals surface area contributed by atoms with Crippen LogP contribution in [0, 0.1) is 0 Å². The molecular formula is C14H18N2O3S2. The molecule has 0 aliphatic carbocycles. The van der Waals surface area contributed by atoms with E-state index in [9.17, 15) is 8.42 Å². The zero-order chi connectivity index (χ0) is 15.5. The summed E-state index contributed by atoms with van der Waals surface area (Å²) in [5.41, 5.74) is 6.11. The molecule has 2 aromatic rings. The number of hydrogen-bond acceptors (Lipinski definition) is 5. The van der Waals surface area contributed by atoms with Crippen LogP contribution in [0.3, 0.4) is 0 Å². The molecule has 114 valence electrons. The Labute approximate surface area is 128 Å². The van der Waals surface area contributed by atoms with E-state index in [4.69, 9.17) is 10.5 Å². The predicted octanol–water partition coefficient (Wildman–Crippen LogP) is 2.77. The van der Waals surface area contributed by atoms with Crippen molar-refractivity contribution in [1.82, 2.24) is 4.72 Å². The van der Waals surface area contributed by atoms with Crippen molar-refractivity contribution in [2.75, 3.05) is 12.8 Å². The van der Waals surface area contributed by atoms with Gasteiger partial charge in [0.1, 0.15) is 5.75 Å². The summed E-state index contributed by atoms with van der Waals surface area (Å²) in [6.07, 6.45) is 0.672. The summed E-state index contributed by atoms with van der Waals surface area (Å²) in [5, 5.41) is 1.93. The van der Waals surface area contributed by atoms with E-state index in [0.29, 0.717) is 17.9 Å². The van der Waals surface area contributed by atoms with E-state index in [0.717, 1.165) is 4.88 Å². The van der Waals surface area contributed by atoms with Gasteiger partial charge in [0.2, 0.25) is 10.0 Å². The van der Waals surface area contributed by atoms with Crippen molar-refractivity contribution in [1.29, 1.82) is 0 Å². The zero-order valence-corrected chi connectivity index (χ0v) is 13.5. The molecule has 0 amide bonds. The molecule has 1 atom stereocenters. The molecule has 1 aromatic heterocycles. The van der Waals surface area contributed by atoms with Crippen molar-refractivity contribution in [3.05, 3.63) is 40.6 Å². The lowest BCUT2D eigenvalue weighted by atomic mass is 10.2. The Balaban J connectivity index is 2.29. The van der Waals surface area contributed by atoms with Gasteiger partial charge < -0.3 is 10.5 Å². The van der Waals surface area contributed by atoms with E-state index in [1.807, 2.05) is 24.4 Å². The standard InChI is InChI=1S/C14H18N2O3S2/c1-3-12(14-5-4-8-20-14)16-21(17,18)10-6-7-11(15)13(9-10)19-2/h4-9,12,16H,3,15H2,1-2H3. The third-order valence-electron chi connectivity index (χ3n) is 3.11. The molecule has 0 bridgehead atoms. The number of anilines is 1. The molecule has 1 unspecified atom stereocenters. The minimum atomic E-state index is -3.63. The Kier molecular flexibility index (Phi) is 4.87. The topological polar surface area (TPSA) is 81.4 Å². The fraction of sp³-hybridized carbons (Fsp3) is 0.286. The van der Waals surface area contributed by atoms with Gasteiger partial charge in [0.05, 0.1) is 23.7 Å². The average molecular weight is 326 g/mol. The van der Waals surface area contributed by atoms with Gasteiger partial charge in [0, 0.05) is 10.9 Å². The fourth-order valence-corrected chi connectivity index (χ4v) is 4.20. The summed E-state index contributed by atoms with van der Waals surface area (Å²) in [6.45, 7) is 1.94. The number of thiophene rings is 1. The van der Waals surface area contributed by atoms with Gasteiger partial charge in [-0.05, 0) is 30.0 Å². The van der Waals surface area contributed by atoms with E-state index < -0.39 is 10.0 Å². The Morgan fingerprint density at radius 1 is 1.38 bits per heavy atom. The Hall–Kier alpha value is -1.57. The second-order valence-electron chi connectivity index (χ2n) is 4.50. The molecule has 3 N–H and O–H groups in total. The number of methoxy groups -OCH3 is 1. The second-order valence-corrected chi connectivity index (χ2v) is 7.19. The SMILES string of the molecule is CCC(NS(=O)(=O)c1ccc(N)c(OC)c1)c1cccs1. The van der Waals surface area contributed by atoms with E-state index in [1.165, 1.54) is 36.6 Å². The molecule has 7 heteroatoms. The van der Waals surface area contributed by atoms with Gasteiger partial charge in [-0.2, -0.15) is 0 Å². The quantitative estimate of drug-likeness (QED) is 0.800. The monoisotopic (exact) mass is 326 g/mol. The van der Waals surface area contributed by atoms with Crippen molar-refractivity contribution in [2.24, 2.45) is 0 Å². The summed E-state index contributed by atoms with van der Waals surface area (Å²) in [6, 6.07) is 8.02. The number of nitrogens with two attached hydrogens (primary N) is 1. The molecule has 21 heavy (non-hydrogen) atoms. The van der Waals surface area contributed by atoms with Crippen molar-refractivity contribution in [2.45, 2.75) is 24.3 Å². The third-order valence-corrected chi connectivity index (χ3v) is 5.56. The molecule has 0 radical (unpaired) electrons. The van der Waals surface area contributed by atoms with Crippen LogP contribution in [0.2, 0.25) is 0 Å². The van der Waals surface area contributed by atoms with Crippen molar-refractivity contribution < 1.29 is 13.2 Å². The van der Waals surface area contributed by atoms with E-state index in [2.05, 4.69) is 4.72 Å². The Morgan fingerprint density at radius 3 is 2.71 bits per heavy atom. The number of ether oxygens (including phenoxy) is 1. The van der Waals surface area contributed by atoms with Gasteiger partial charge in [-0.1, -0.05) is 13.0 Å². The van der Waals surface area contributed by atoms with Crippen LogP contribution in [-0.2, 0) is 10.0 Å². The molecule has 0 saturated carbocycles. The average Bonchev–Trinajstić information content (AvgIpc) is 2.99. The van der Waals surface area contributed by atoms with Crippen LogP contribution in [0.15, 0.2) is 40.6 Å². The summed E-state index contributed by atoms with van der Waals surface area (Å²) < 4.78 is 32.7. The number of benzene rings is 1. The molecule has 0 aliphatic heterocycles. The highest BCUT2D eigenvalue weighted by molar-refractivity contribution is 7.89. The van der Waals surface area contributed by atoms with E-state index in [1.54, 1.807) is 0 Å². The molecule has 0 aliphatic rings. The highest BCUT2D eigenvalue weighted by Crippen LogP contribution is 2.27. The Bertz CT molecular complexity index is 697. The number of hydrogen-bond donors (Lipinski definition) is 2. The number of sulfonamides is 1. The van der Waals surface area contributed by atoms with Crippen LogP contribution in [-0.4, -0.2) is 15.5 Å². The Morgan fingerprint density at radius 2 is 2.14 bits per heavy atom. The minimum absolute atomic E-state index is 0.142. The summed E-state index contributed by atoms with van der Waals surface area (Å²) in [5.74, 6) is 0.349. The van der Waals surface area contributed by atoms with Gasteiger partial charge in [-0.3, -0.25) is 0 Å². The number of nitrogen functional groups attached to an aromatic ring is 1. The smallest absolute Gasteiger partial charge is 0.241 e. The zero-order valence-electron chi connectivity index (χ0n) is 11.9. The van der Waals surface area contributed by atoms with Gasteiger partial charge in [0.25, 0.3) is 0 Å². The van der Waals surface area contributed by atoms with E-state index in [-0.39, 0.29) is 10.9 Å². The van der Waals surface area contributed by atoms with Gasteiger partial charge in [-0.25, -0.2) is 13.1 Å². The molecule has 0 spiro atoms.